The molecular formula is C15H28N2O3S. The van der Waals surface area contributed by atoms with Gasteiger partial charge in [-0.15, -0.1) is 0 Å². The lowest BCUT2D eigenvalue weighted by molar-refractivity contribution is 0.0287. The van der Waals surface area contributed by atoms with Crippen molar-refractivity contribution in [3.8, 4) is 0 Å². The number of sulfonamides is 1. The summed E-state index contributed by atoms with van der Waals surface area (Å²) in [6, 6.07) is 0.586. The standard InChI is InChI=1S/C15H28N2O3S/c1-2-13-10-16-8-5-6-14(16)11-17(13)21(18,19)12-15-7-3-4-9-20-15/h13-15H,2-12H2,1H3/t13-,14-,15-/m1/s1. The highest BCUT2D eigenvalue weighted by atomic mass is 32.2. The summed E-state index contributed by atoms with van der Waals surface area (Å²) >= 11 is 0. The van der Waals surface area contributed by atoms with Gasteiger partial charge in [-0.2, -0.15) is 4.31 Å². The van der Waals surface area contributed by atoms with Gasteiger partial charge in [0.1, 0.15) is 0 Å². The highest BCUT2D eigenvalue weighted by Gasteiger charge is 2.41. The zero-order valence-corrected chi connectivity index (χ0v) is 13.9. The summed E-state index contributed by atoms with van der Waals surface area (Å²) in [5, 5.41) is 0. The zero-order chi connectivity index (χ0) is 14.9. The topological polar surface area (TPSA) is 49.9 Å². The molecule has 0 radical (unpaired) electrons. The maximum Gasteiger partial charge on any atom is 0.217 e. The van der Waals surface area contributed by atoms with Gasteiger partial charge in [-0.25, -0.2) is 8.42 Å². The monoisotopic (exact) mass is 316 g/mol. The Labute approximate surface area is 128 Å². The highest BCUT2D eigenvalue weighted by molar-refractivity contribution is 7.89. The van der Waals surface area contributed by atoms with Crippen LogP contribution in [-0.2, 0) is 14.8 Å². The molecule has 21 heavy (non-hydrogen) atoms. The fraction of sp³-hybridized carbons (Fsp3) is 1.00. The van der Waals surface area contributed by atoms with Crippen LogP contribution in [0.3, 0.4) is 0 Å². The minimum Gasteiger partial charge on any atom is -0.377 e. The maximum absolute atomic E-state index is 12.8. The molecule has 0 unspecified atom stereocenters. The molecule has 122 valence electrons. The van der Waals surface area contributed by atoms with Crippen LogP contribution in [0.4, 0.5) is 0 Å². The van der Waals surface area contributed by atoms with Gasteiger partial charge >= 0.3 is 0 Å². The average Bonchev–Trinajstić information content (AvgIpc) is 2.93. The van der Waals surface area contributed by atoms with Crippen molar-refractivity contribution in [3.63, 3.8) is 0 Å². The fourth-order valence-electron chi connectivity index (χ4n) is 4.00. The van der Waals surface area contributed by atoms with Crippen LogP contribution in [0.5, 0.6) is 0 Å². The van der Waals surface area contributed by atoms with Crippen LogP contribution >= 0.6 is 0 Å². The van der Waals surface area contributed by atoms with Gasteiger partial charge in [0.2, 0.25) is 10.0 Å². The summed E-state index contributed by atoms with van der Waals surface area (Å²) in [5.41, 5.74) is 0. The Hall–Kier alpha value is -0.170. The van der Waals surface area contributed by atoms with E-state index in [2.05, 4.69) is 11.8 Å². The van der Waals surface area contributed by atoms with Crippen LogP contribution in [0.2, 0.25) is 0 Å². The van der Waals surface area contributed by atoms with E-state index in [9.17, 15) is 8.42 Å². The van der Waals surface area contributed by atoms with Gasteiger partial charge in [0.05, 0.1) is 11.9 Å². The van der Waals surface area contributed by atoms with Gasteiger partial charge in [-0.1, -0.05) is 6.92 Å². The second kappa shape index (κ2) is 6.52. The first-order chi connectivity index (χ1) is 10.1. The molecule has 0 amide bonds. The third-order valence-electron chi connectivity index (χ3n) is 5.24. The van der Waals surface area contributed by atoms with Gasteiger partial charge in [-0.3, -0.25) is 4.90 Å². The van der Waals surface area contributed by atoms with Crippen molar-refractivity contribution < 1.29 is 13.2 Å². The molecule has 0 aromatic rings. The van der Waals surface area contributed by atoms with E-state index in [-0.39, 0.29) is 17.9 Å². The number of piperazine rings is 1. The van der Waals surface area contributed by atoms with Crippen molar-refractivity contribution in [2.45, 2.75) is 63.6 Å². The number of rotatable bonds is 4. The van der Waals surface area contributed by atoms with Gasteiger partial charge < -0.3 is 4.74 Å². The molecule has 3 saturated heterocycles. The highest BCUT2D eigenvalue weighted by Crippen LogP contribution is 2.28. The summed E-state index contributed by atoms with van der Waals surface area (Å²) in [4.78, 5) is 2.48. The van der Waals surface area contributed by atoms with Crippen LogP contribution in [0.1, 0.15) is 45.4 Å². The smallest absolute Gasteiger partial charge is 0.217 e. The van der Waals surface area contributed by atoms with E-state index in [0.29, 0.717) is 19.2 Å². The van der Waals surface area contributed by atoms with Crippen LogP contribution in [0.15, 0.2) is 0 Å². The second-order valence-corrected chi connectivity index (χ2v) is 8.66. The molecule has 6 heteroatoms. The van der Waals surface area contributed by atoms with Crippen LogP contribution in [0, 0.1) is 0 Å². The minimum atomic E-state index is -3.20. The Balaban J connectivity index is 1.69. The Morgan fingerprint density at radius 3 is 2.71 bits per heavy atom. The van der Waals surface area contributed by atoms with E-state index in [4.69, 9.17) is 4.74 Å². The van der Waals surface area contributed by atoms with E-state index in [1.54, 1.807) is 4.31 Å². The summed E-state index contributed by atoms with van der Waals surface area (Å²) in [5.74, 6) is 0.177. The quantitative estimate of drug-likeness (QED) is 0.787. The molecule has 3 fully saturated rings. The summed E-state index contributed by atoms with van der Waals surface area (Å²) in [7, 11) is -3.20. The lowest BCUT2D eigenvalue weighted by Gasteiger charge is -2.43. The van der Waals surface area contributed by atoms with Crippen LogP contribution < -0.4 is 0 Å². The van der Waals surface area contributed by atoms with E-state index in [0.717, 1.165) is 45.2 Å². The molecule has 0 bridgehead atoms. The number of fused-ring (bicyclic) bond motifs is 1. The van der Waals surface area contributed by atoms with Gasteiger partial charge in [-0.05, 0) is 45.1 Å². The van der Waals surface area contributed by atoms with Crippen molar-refractivity contribution in [2.24, 2.45) is 0 Å². The van der Waals surface area contributed by atoms with Crippen LogP contribution in [0.25, 0.3) is 0 Å². The molecule has 0 N–H and O–H groups in total. The third kappa shape index (κ3) is 3.44. The Morgan fingerprint density at radius 1 is 1.14 bits per heavy atom. The predicted octanol–water partition coefficient (Wildman–Crippen LogP) is 1.44. The third-order valence-corrected chi connectivity index (χ3v) is 7.20. The molecule has 5 nitrogen and oxygen atoms in total. The molecule has 0 aliphatic carbocycles. The summed E-state index contributed by atoms with van der Waals surface area (Å²) in [6.45, 7) is 5.55. The molecule has 3 aliphatic heterocycles. The number of hydrogen-bond donors (Lipinski definition) is 0. The lowest BCUT2D eigenvalue weighted by Crippen LogP contribution is -2.58. The van der Waals surface area contributed by atoms with Gasteiger partial charge in [0.25, 0.3) is 0 Å². The van der Waals surface area contributed by atoms with Crippen molar-refractivity contribution >= 4 is 10.0 Å². The normalized spacial score (nSPS) is 35.8. The second-order valence-electron chi connectivity index (χ2n) is 6.69. The Kier molecular flexibility index (Phi) is 4.88. The van der Waals surface area contributed by atoms with Gasteiger partial charge in [0.15, 0.2) is 0 Å². The van der Waals surface area contributed by atoms with Gasteiger partial charge in [0, 0.05) is 31.8 Å². The molecule has 0 aromatic carbocycles. The molecule has 0 saturated carbocycles. The van der Waals surface area contributed by atoms with E-state index in [1.165, 1.54) is 6.42 Å². The first-order valence-corrected chi connectivity index (χ1v) is 10.1. The maximum atomic E-state index is 12.8. The molecular weight excluding hydrogens is 288 g/mol. The van der Waals surface area contributed by atoms with Crippen molar-refractivity contribution in [1.29, 1.82) is 0 Å². The Bertz CT molecular complexity index is 448. The molecule has 0 aromatic heterocycles. The molecule has 3 aliphatic rings. The molecule has 0 spiro atoms. The predicted molar refractivity (Wildman–Crippen MR) is 82.8 cm³/mol. The van der Waals surface area contributed by atoms with Crippen molar-refractivity contribution in [3.05, 3.63) is 0 Å². The number of nitrogens with zero attached hydrogens (tertiary/aromatic N) is 2. The largest absolute Gasteiger partial charge is 0.377 e. The summed E-state index contributed by atoms with van der Waals surface area (Å²) < 4.78 is 33.1. The first kappa shape index (κ1) is 15.7. The Morgan fingerprint density at radius 2 is 2.00 bits per heavy atom. The van der Waals surface area contributed by atoms with E-state index in [1.807, 2.05) is 0 Å². The van der Waals surface area contributed by atoms with Crippen molar-refractivity contribution in [2.75, 3.05) is 32.0 Å². The van der Waals surface area contributed by atoms with Crippen LogP contribution in [-0.4, -0.2) is 67.8 Å². The lowest BCUT2D eigenvalue weighted by atomic mass is 10.1. The first-order valence-electron chi connectivity index (χ1n) is 8.45. The average molecular weight is 316 g/mol. The zero-order valence-electron chi connectivity index (χ0n) is 13.0. The van der Waals surface area contributed by atoms with Crippen molar-refractivity contribution in [1.82, 2.24) is 9.21 Å². The summed E-state index contributed by atoms with van der Waals surface area (Å²) in [6.07, 6.45) is 6.20. The molecule has 3 heterocycles. The fourth-order valence-corrected chi connectivity index (χ4v) is 6.00. The molecule has 3 rings (SSSR count). The molecule has 3 atom stereocenters. The number of hydrogen-bond acceptors (Lipinski definition) is 4. The van der Waals surface area contributed by atoms with E-state index >= 15 is 0 Å². The SMILES string of the molecule is CC[C@@H]1CN2CCC[C@@H]2CN1S(=O)(=O)C[C@H]1CCCCO1. The minimum absolute atomic E-state index is 0.0946. The number of ether oxygens (including phenoxy) is 1. The van der Waals surface area contributed by atoms with E-state index < -0.39 is 10.0 Å².